The van der Waals surface area contributed by atoms with E-state index < -0.39 is 0 Å². The summed E-state index contributed by atoms with van der Waals surface area (Å²) in [7, 11) is 0. The number of aromatic nitrogens is 2. The van der Waals surface area contributed by atoms with Crippen LogP contribution in [0, 0.1) is 0 Å². The fraction of sp³-hybridized carbons (Fsp3) is 0.750. The topological polar surface area (TPSA) is 43.8 Å². The maximum atomic E-state index is 6.27. The fourth-order valence-corrected chi connectivity index (χ4v) is 3.54. The van der Waals surface area contributed by atoms with Gasteiger partial charge in [-0.2, -0.15) is 16.9 Å². The van der Waals surface area contributed by atoms with Gasteiger partial charge in [0.1, 0.15) is 0 Å². The van der Waals surface area contributed by atoms with E-state index in [9.17, 15) is 0 Å². The summed E-state index contributed by atoms with van der Waals surface area (Å²) in [6, 6.07) is 0.291. The Morgan fingerprint density at radius 1 is 1.62 bits per heavy atom. The van der Waals surface area contributed by atoms with E-state index in [1.54, 1.807) is 0 Å². The highest BCUT2D eigenvalue weighted by molar-refractivity contribution is 8.00. The summed E-state index contributed by atoms with van der Waals surface area (Å²) >= 11 is 2.05. The van der Waals surface area contributed by atoms with Crippen LogP contribution in [0.15, 0.2) is 12.4 Å². The molecule has 0 aromatic carbocycles. The number of thioether (sulfide) groups is 1. The Labute approximate surface area is 102 Å². The van der Waals surface area contributed by atoms with Crippen molar-refractivity contribution in [3.8, 4) is 0 Å². The van der Waals surface area contributed by atoms with Crippen molar-refractivity contribution in [2.45, 2.75) is 50.4 Å². The Morgan fingerprint density at radius 2 is 2.50 bits per heavy atom. The minimum Gasteiger partial charge on any atom is -0.326 e. The van der Waals surface area contributed by atoms with Gasteiger partial charge in [-0.3, -0.25) is 4.68 Å². The first-order valence-corrected chi connectivity index (χ1v) is 7.23. The summed E-state index contributed by atoms with van der Waals surface area (Å²) in [5, 5.41) is 4.94. The molecule has 1 aromatic rings. The number of hydrogen-bond acceptors (Lipinski definition) is 3. The molecule has 3 nitrogen and oxygen atoms in total. The molecule has 16 heavy (non-hydrogen) atoms. The van der Waals surface area contributed by atoms with Crippen LogP contribution in [0.2, 0.25) is 0 Å². The lowest BCUT2D eigenvalue weighted by Gasteiger charge is -2.26. The van der Waals surface area contributed by atoms with E-state index in [0.717, 1.165) is 13.0 Å². The van der Waals surface area contributed by atoms with E-state index in [-0.39, 0.29) is 0 Å². The zero-order valence-electron chi connectivity index (χ0n) is 9.93. The monoisotopic (exact) mass is 239 g/mol. The average molecular weight is 239 g/mol. The molecule has 2 unspecified atom stereocenters. The summed E-state index contributed by atoms with van der Waals surface area (Å²) in [4.78, 5) is 0. The summed E-state index contributed by atoms with van der Waals surface area (Å²) in [6.45, 7) is 3.04. The quantitative estimate of drug-likeness (QED) is 0.874. The van der Waals surface area contributed by atoms with Gasteiger partial charge in [0, 0.05) is 24.0 Å². The zero-order chi connectivity index (χ0) is 11.4. The van der Waals surface area contributed by atoms with Gasteiger partial charge in [0.05, 0.1) is 6.20 Å². The second-order valence-corrected chi connectivity index (χ2v) is 5.82. The van der Waals surface area contributed by atoms with Gasteiger partial charge in [-0.15, -0.1) is 0 Å². The smallest absolute Gasteiger partial charge is 0.0522 e. The molecule has 2 heterocycles. The molecule has 1 aliphatic heterocycles. The van der Waals surface area contributed by atoms with Gasteiger partial charge in [0.25, 0.3) is 0 Å². The van der Waals surface area contributed by atoms with Gasteiger partial charge in [-0.1, -0.05) is 6.42 Å². The Kier molecular flexibility index (Phi) is 4.29. The van der Waals surface area contributed by atoms with Gasteiger partial charge in [0.15, 0.2) is 0 Å². The SMILES string of the molecule is CCn1cc(CC(N)C2CCCCS2)cn1. The van der Waals surface area contributed by atoms with Crippen molar-refractivity contribution in [3.63, 3.8) is 0 Å². The predicted octanol–water partition coefficient (Wildman–Crippen LogP) is 2.06. The first kappa shape index (κ1) is 12.0. The van der Waals surface area contributed by atoms with Crippen LogP contribution in [0.3, 0.4) is 0 Å². The lowest BCUT2D eigenvalue weighted by atomic mass is 10.0. The maximum absolute atomic E-state index is 6.27. The van der Waals surface area contributed by atoms with Gasteiger partial charge in [0.2, 0.25) is 0 Å². The average Bonchev–Trinajstić information content (AvgIpc) is 2.78. The summed E-state index contributed by atoms with van der Waals surface area (Å²) in [5.74, 6) is 1.28. The minimum absolute atomic E-state index is 0.291. The molecule has 0 aliphatic carbocycles. The van der Waals surface area contributed by atoms with Crippen molar-refractivity contribution in [1.82, 2.24) is 9.78 Å². The Bertz CT molecular complexity index is 318. The van der Waals surface area contributed by atoms with Gasteiger partial charge >= 0.3 is 0 Å². The van der Waals surface area contributed by atoms with E-state index in [2.05, 4.69) is 30.0 Å². The van der Waals surface area contributed by atoms with Crippen molar-refractivity contribution in [2.24, 2.45) is 5.73 Å². The maximum Gasteiger partial charge on any atom is 0.0522 e. The van der Waals surface area contributed by atoms with Gasteiger partial charge < -0.3 is 5.73 Å². The van der Waals surface area contributed by atoms with Crippen LogP contribution >= 0.6 is 11.8 Å². The first-order valence-electron chi connectivity index (χ1n) is 6.18. The highest BCUT2D eigenvalue weighted by Gasteiger charge is 2.21. The highest BCUT2D eigenvalue weighted by atomic mass is 32.2. The Hall–Kier alpha value is -0.480. The molecule has 1 fully saturated rings. The zero-order valence-corrected chi connectivity index (χ0v) is 10.7. The molecular weight excluding hydrogens is 218 g/mol. The fourth-order valence-electron chi connectivity index (χ4n) is 2.19. The Morgan fingerprint density at radius 3 is 3.12 bits per heavy atom. The summed E-state index contributed by atoms with van der Waals surface area (Å²) in [6.07, 6.45) is 9.04. The second-order valence-electron chi connectivity index (χ2n) is 4.48. The first-order chi connectivity index (χ1) is 7.79. The van der Waals surface area contributed by atoms with Crippen LogP contribution in [0.1, 0.15) is 31.7 Å². The van der Waals surface area contributed by atoms with Crippen molar-refractivity contribution in [2.75, 3.05) is 5.75 Å². The number of rotatable bonds is 4. The van der Waals surface area contributed by atoms with E-state index in [4.69, 9.17) is 5.73 Å². The third-order valence-corrected chi connectivity index (χ3v) is 4.71. The van der Waals surface area contributed by atoms with E-state index >= 15 is 0 Å². The molecule has 0 radical (unpaired) electrons. The lowest BCUT2D eigenvalue weighted by Crippen LogP contribution is -2.36. The number of nitrogens with zero attached hydrogens (tertiary/aromatic N) is 2. The number of hydrogen-bond donors (Lipinski definition) is 1. The lowest BCUT2D eigenvalue weighted by molar-refractivity contribution is 0.559. The summed E-state index contributed by atoms with van der Waals surface area (Å²) in [5.41, 5.74) is 7.55. The third-order valence-electron chi connectivity index (χ3n) is 3.17. The van der Waals surface area contributed by atoms with E-state index in [0.29, 0.717) is 11.3 Å². The molecule has 0 saturated carbocycles. The molecule has 90 valence electrons. The normalized spacial score (nSPS) is 23.2. The standard InChI is InChI=1S/C12H21N3S/c1-2-15-9-10(8-14-15)7-11(13)12-5-3-4-6-16-12/h8-9,11-12H,2-7,13H2,1H3. The molecule has 1 saturated heterocycles. The molecule has 2 N–H and O–H groups in total. The molecule has 0 spiro atoms. The second kappa shape index (κ2) is 5.73. The van der Waals surface area contributed by atoms with Crippen molar-refractivity contribution in [3.05, 3.63) is 18.0 Å². The van der Waals surface area contributed by atoms with Crippen LogP contribution in [-0.2, 0) is 13.0 Å². The molecule has 1 aliphatic rings. The van der Waals surface area contributed by atoms with Crippen LogP contribution in [0.4, 0.5) is 0 Å². The van der Waals surface area contributed by atoms with Crippen molar-refractivity contribution >= 4 is 11.8 Å². The molecule has 4 heteroatoms. The predicted molar refractivity (Wildman–Crippen MR) is 69.7 cm³/mol. The van der Waals surface area contributed by atoms with E-state index in [1.807, 2.05) is 10.9 Å². The molecule has 2 atom stereocenters. The molecular formula is C12H21N3S. The van der Waals surface area contributed by atoms with Crippen molar-refractivity contribution in [1.29, 1.82) is 0 Å². The van der Waals surface area contributed by atoms with E-state index in [1.165, 1.54) is 30.6 Å². The third kappa shape index (κ3) is 3.01. The number of aryl methyl sites for hydroxylation is 1. The summed E-state index contributed by atoms with van der Waals surface area (Å²) < 4.78 is 1.97. The largest absolute Gasteiger partial charge is 0.326 e. The molecule has 0 bridgehead atoms. The van der Waals surface area contributed by atoms with Gasteiger partial charge in [-0.05, 0) is 37.5 Å². The molecule has 1 aromatic heterocycles. The Balaban J connectivity index is 1.87. The highest BCUT2D eigenvalue weighted by Crippen LogP contribution is 2.27. The van der Waals surface area contributed by atoms with Crippen LogP contribution in [0.5, 0.6) is 0 Å². The minimum atomic E-state index is 0.291. The van der Waals surface area contributed by atoms with Crippen LogP contribution in [-0.4, -0.2) is 26.8 Å². The van der Waals surface area contributed by atoms with Crippen LogP contribution in [0.25, 0.3) is 0 Å². The molecule has 0 amide bonds. The van der Waals surface area contributed by atoms with Crippen LogP contribution < -0.4 is 5.73 Å². The number of nitrogens with two attached hydrogens (primary N) is 1. The molecule has 2 rings (SSSR count). The van der Waals surface area contributed by atoms with Crippen molar-refractivity contribution < 1.29 is 0 Å². The van der Waals surface area contributed by atoms with Gasteiger partial charge in [-0.25, -0.2) is 0 Å².